The normalized spacial score (nSPS) is 27.4. The Morgan fingerprint density at radius 2 is 1.71 bits per heavy atom. The standard InChI is InChI=1S/C23H26N4O/c1-2-7-18(8-3-1)15-26-16-19-13-21(27-12-6-11-25-27)22(14-20(19)17-26)28-23-9-4-5-10-24-23/h1-12,19-22H,13-17H2/t19-,20+,21-,22-/m0/s1. The molecule has 5 heteroatoms. The lowest BCUT2D eigenvalue weighted by molar-refractivity contribution is 0.0459. The molecule has 1 saturated carbocycles. The minimum absolute atomic E-state index is 0.104. The second-order valence-corrected chi connectivity index (χ2v) is 8.05. The molecule has 2 aromatic heterocycles. The van der Waals surface area contributed by atoms with Gasteiger partial charge in [-0.05, 0) is 42.4 Å². The Morgan fingerprint density at radius 3 is 2.46 bits per heavy atom. The molecule has 2 aliphatic rings. The highest BCUT2D eigenvalue weighted by Crippen LogP contribution is 2.42. The predicted octanol–water partition coefficient (Wildman–Crippen LogP) is 3.81. The van der Waals surface area contributed by atoms with Crippen LogP contribution in [-0.2, 0) is 6.54 Å². The van der Waals surface area contributed by atoms with Gasteiger partial charge in [0.2, 0.25) is 5.88 Å². The minimum atomic E-state index is 0.104. The van der Waals surface area contributed by atoms with Gasteiger partial charge in [0.05, 0.1) is 6.04 Å². The van der Waals surface area contributed by atoms with Crippen LogP contribution in [0.2, 0.25) is 0 Å². The van der Waals surface area contributed by atoms with Gasteiger partial charge in [-0.25, -0.2) is 4.98 Å². The van der Waals surface area contributed by atoms with E-state index in [1.165, 1.54) is 5.56 Å². The van der Waals surface area contributed by atoms with Gasteiger partial charge in [0.15, 0.2) is 0 Å². The third-order valence-electron chi connectivity index (χ3n) is 6.18. The van der Waals surface area contributed by atoms with Gasteiger partial charge in [-0.15, -0.1) is 0 Å². The second-order valence-electron chi connectivity index (χ2n) is 8.05. The third-order valence-corrected chi connectivity index (χ3v) is 6.18. The molecule has 3 aromatic rings. The fourth-order valence-electron chi connectivity index (χ4n) is 4.91. The van der Waals surface area contributed by atoms with E-state index in [4.69, 9.17) is 4.74 Å². The highest BCUT2D eigenvalue weighted by molar-refractivity contribution is 5.15. The summed E-state index contributed by atoms with van der Waals surface area (Å²) in [7, 11) is 0. The van der Waals surface area contributed by atoms with Crippen molar-refractivity contribution in [3.05, 3.63) is 78.8 Å². The number of pyridine rings is 1. The number of aromatic nitrogens is 3. The highest BCUT2D eigenvalue weighted by atomic mass is 16.5. The van der Waals surface area contributed by atoms with Crippen molar-refractivity contribution in [3.63, 3.8) is 0 Å². The molecule has 144 valence electrons. The topological polar surface area (TPSA) is 43.2 Å². The van der Waals surface area contributed by atoms with E-state index in [1.54, 1.807) is 6.20 Å². The molecule has 0 N–H and O–H groups in total. The molecule has 0 amide bonds. The number of likely N-dealkylation sites (tertiary alicyclic amines) is 1. The maximum absolute atomic E-state index is 6.36. The van der Waals surface area contributed by atoms with Crippen LogP contribution < -0.4 is 4.74 Å². The van der Waals surface area contributed by atoms with Crippen molar-refractivity contribution in [3.8, 4) is 5.88 Å². The summed E-state index contributed by atoms with van der Waals surface area (Å²) < 4.78 is 8.45. The van der Waals surface area contributed by atoms with E-state index in [1.807, 2.05) is 30.5 Å². The van der Waals surface area contributed by atoms with Gasteiger partial charge in [-0.3, -0.25) is 9.58 Å². The van der Waals surface area contributed by atoms with Gasteiger partial charge in [-0.1, -0.05) is 36.4 Å². The van der Waals surface area contributed by atoms with Crippen molar-refractivity contribution < 1.29 is 4.74 Å². The van der Waals surface area contributed by atoms with Crippen LogP contribution in [-0.4, -0.2) is 38.9 Å². The van der Waals surface area contributed by atoms with Gasteiger partial charge < -0.3 is 4.74 Å². The summed E-state index contributed by atoms with van der Waals surface area (Å²) >= 11 is 0. The average molecular weight is 374 g/mol. The molecule has 1 aliphatic carbocycles. The molecular weight excluding hydrogens is 348 g/mol. The van der Waals surface area contributed by atoms with Crippen molar-refractivity contribution in [2.45, 2.75) is 31.5 Å². The summed E-state index contributed by atoms with van der Waals surface area (Å²) in [4.78, 5) is 6.99. The maximum atomic E-state index is 6.36. The van der Waals surface area contributed by atoms with E-state index in [-0.39, 0.29) is 12.1 Å². The Bertz CT molecular complexity index is 868. The lowest BCUT2D eigenvalue weighted by atomic mass is 9.77. The fraction of sp³-hybridized carbons (Fsp3) is 0.391. The van der Waals surface area contributed by atoms with Gasteiger partial charge in [0.25, 0.3) is 0 Å². The van der Waals surface area contributed by atoms with Crippen molar-refractivity contribution in [1.82, 2.24) is 19.7 Å². The Balaban J connectivity index is 1.32. The van der Waals surface area contributed by atoms with Gasteiger partial charge in [0.1, 0.15) is 6.10 Å². The number of fused-ring (bicyclic) bond motifs is 1. The lowest BCUT2D eigenvalue weighted by Crippen LogP contribution is -2.40. The molecule has 1 aliphatic heterocycles. The zero-order chi connectivity index (χ0) is 18.8. The van der Waals surface area contributed by atoms with Crippen molar-refractivity contribution in [1.29, 1.82) is 0 Å². The molecule has 0 bridgehead atoms. The summed E-state index contributed by atoms with van der Waals surface area (Å²) in [5, 5.41) is 4.54. The quantitative estimate of drug-likeness (QED) is 0.681. The third kappa shape index (κ3) is 3.67. The smallest absolute Gasteiger partial charge is 0.213 e. The van der Waals surface area contributed by atoms with Crippen LogP contribution in [0.15, 0.2) is 73.2 Å². The first-order valence-corrected chi connectivity index (χ1v) is 10.2. The van der Waals surface area contributed by atoms with Crippen LogP contribution >= 0.6 is 0 Å². The summed E-state index contributed by atoms with van der Waals surface area (Å²) in [6.45, 7) is 3.34. The van der Waals surface area contributed by atoms with Crippen LogP contribution in [0.4, 0.5) is 0 Å². The molecule has 1 aromatic carbocycles. The first kappa shape index (κ1) is 17.4. The molecule has 4 atom stereocenters. The van der Waals surface area contributed by atoms with Crippen LogP contribution in [0.25, 0.3) is 0 Å². The molecule has 1 saturated heterocycles. The fourth-order valence-corrected chi connectivity index (χ4v) is 4.91. The molecule has 0 spiro atoms. The maximum Gasteiger partial charge on any atom is 0.213 e. The summed E-state index contributed by atoms with van der Waals surface area (Å²) in [5.41, 5.74) is 1.39. The summed E-state index contributed by atoms with van der Waals surface area (Å²) in [6.07, 6.45) is 7.98. The van der Waals surface area contributed by atoms with E-state index in [0.717, 1.165) is 32.5 Å². The van der Waals surface area contributed by atoms with Crippen molar-refractivity contribution in [2.24, 2.45) is 11.8 Å². The minimum Gasteiger partial charge on any atom is -0.472 e. The predicted molar refractivity (Wildman–Crippen MR) is 108 cm³/mol. The van der Waals surface area contributed by atoms with E-state index in [0.29, 0.717) is 17.7 Å². The molecule has 3 heterocycles. The number of nitrogens with zero attached hydrogens (tertiary/aromatic N) is 4. The Morgan fingerprint density at radius 1 is 0.893 bits per heavy atom. The van der Waals surface area contributed by atoms with Gasteiger partial charge in [0, 0.05) is 44.3 Å². The largest absolute Gasteiger partial charge is 0.472 e. The summed E-state index contributed by atoms with van der Waals surface area (Å²) in [6, 6.07) is 18.9. The zero-order valence-electron chi connectivity index (χ0n) is 16.0. The molecule has 5 rings (SSSR count). The Kier molecular flexibility index (Phi) is 4.83. The van der Waals surface area contributed by atoms with Crippen molar-refractivity contribution in [2.75, 3.05) is 13.1 Å². The first-order chi connectivity index (χ1) is 13.8. The van der Waals surface area contributed by atoms with E-state index in [2.05, 4.69) is 56.2 Å². The monoisotopic (exact) mass is 374 g/mol. The molecule has 0 radical (unpaired) electrons. The van der Waals surface area contributed by atoms with E-state index in [9.17, 15) is 0 Å². The number of ether oxygens (including phenoxy) is 1. The van der Waals surface area contributed by atoms with Crippen LogP contribution in [0.3, 0.4) is 0 Å². The molecule has 0 unspecified atom stereocenters. The molecule has 2 fully saturated rings. The number of benzene rings is 1. The van der Waals surface area contributed by atoms with Gasteiger partial charge in [-0.2, -0.15) is 5.10 Å². The van der Waals surface area contributed by atoms with Gasteiger partial charge >= 0.3 is 0 Å². The molecule has 28 heavy (non-hydrogen) atoms. The Labute approximate surface area is 166 Å². The first-order valence-electron chi connectivity index (χ1n) is 10.2. The zero-order valence-corrected chi connectivity index (χ0v) is 16.0. The van der Waals surface area contributed by atoms with E-state index >= 15 is 0 Å². The average Bonchev–Trinajstić information content (AvgIpc) is 3.38. The molecule has 5 nitrogen and oxygen atoms in total. The van der Waals surface area contributed by atoms with Crippen molar-refractivity contribution >= 4 is 0 Å². The van der Waals surface area contributed by atoms with E-state index < -0.39 is 0 Å². The Hall–Kier alpha value is -2.66. The highest BCUT2D eigenvalue weighted by Gasteiger charge is 2.44. The van der Waals surface area contributed by atoms with Crippen LogP contribution in [0.1, 0.15) is 24.4 Å². The number of hydrogen-bond donors (Lipinski definition) is 0. The number of hydrogen-bond acceptors (Lipinski definition) is 4. The summed E-state index contributed by atoms with van der Waals surface area (Å²) in [5.74, 6) is 2.08. The van der Waals surface area contributed by atoms with Crippen LogP contribution in [0.5, 0.6) is 5.88 Å². The SMILES string of the molecule is c1ccc(CN2C[C@H]3C[C@H](Oc4ccccn4)[C@@H](n4cccn4)C[C@H]3C2)cc1. The number of rotatable bonds is 5. The molecular formula is C23H26N4O. The van der Waals surface area contributed by atoms with Crippen LogP contribution in [0, 0.1) is 11.8 Å². The lowest BCUT2D eigenvalue weighted by Gasteiger charge is -2.37. The second kappa shape index (κ2) is 7.76.